The number of hydrogen-bond acceptors (Lipinski definition) is 6. The zero-order valence-electron chi connectivity index (χ0n) is 18.5. The van der Waals surface area contributed by atoms with Crippen LogP contribution in [-0.4, -0.2) is 38.7 Å². The fourth-order valence-corrected chi connectivity index (χ4v) is 4.93. The molecule has 3 aromatic rings. The molecule has 3 heterocycles. The smallest absolute Gasteiger partial charge is 0.274 e. The van der Waals surface area contributed by atoms with E-state index in [1.165, 1.54) is 6.20 Å². The molecule has 0 bridgehead atoms. The molecule has 5 rings (SSSR count). The van der Waals surface area contributed by atoms with Crippen LogP contribution in [-0.2, 0) is 4.74 Å². The highest BCUT2D eigenvalue weighted by molar-refractivity contribution is 6.03. The maximum atomic E-state index is 14.4. The van der Waals surface area contributed by atoms with Gasteiger partial charge in [-0.3, -0.25) is 9.78 Å². The van der Waals surface area contributed by atoms with Crippen LogP contribution in [0.5, 0.6) is 0 Å². The molecule has 1 aromatic carbocycles. The SMILES string of the molecule is N[C@@H]1C[C@H](c2ccncc2NC(=O)c2ccc(F)c(-c3c(F)cccc3F)n2)O[C@@H]2CCC[C@]12O. The molecule has 1 aliphatic carbocycles. The number of benzene rings is 1. The predicted molar refractivity (Wildman–Crippen MR) is 121 cm³/mol. The van der Waals surface area contributed by atoms with Gasteiger partial charge in [0, 0.05) is 17.8 Å². The Bertz CT molecular complexity index is 1270. The first-order valence-electron chi connectivity index (χ1n) is 11.3. The van der Waals surface area contributed by atoms with Crippen LogP contribution in [0, 0.1) is 17.5 Å². The van der Waals surface area contributed by atoms with E-state index in [-0.39, 0.29) is 5.69 Å². The monoisotopic (exact) mass is 484 g/mol. The minimum atomic E-state index is -1.07. The van der Waals surface area contributed by atoms with E-state index in [9.17, 15) is 23.1 Å². The average molecular weight is 484 g/mol. The number of halogens is 3. The summed E-state index contributed by atoms with van der Waals surface area (Å²) in [5, 5.41) is 13.5. The van der Waals surface area contributed by atoms with Crippen LogP contribution < -0.4 is 11.1 Å². The van der Waals surface area contributed by atoms with Gasteiger partial charge in [0.25, 0.3) is 5.91 Å². The molecule has 182 valence electrons. The molecule has 1 saturated heterocycles. The van der Waals surface area contributed by atoms with E-state index < -0.39 is 58.5 Å². The first kappa shape index (κ1) is 23.4. The van der Waals surface area contributed by atoms with Gasteiger partial charge < -0.3 is 20.9 Å². The summed E-state index contributed by atoms with van der Waals surface area (Å²) in [7, 11) is 0. The predicted octanol–water partition coefficient (Wildman–Crippen LogP) is 3.89. The molecular weight excluding hydrogens is 461 g/mol. The fourth-order valence-electron chi connectivity index (χ4n) is 4.93. The Hall–Kier alpha value is -3.34. The summed E-state index contributed by atoms with van der Waals surface area (Å²) in [5.41, 5.74) is 4.65. The minimum absolute atomic E-state index is 0.245. The van der Waals surface area contributed by atoms with Gasteiger partial charge in [-0.05, 0) is 56.0 Å². The second-order valence-electron chi connectivity index (χ2n) is 8.88. The van der Waals surface area contributed by atoms with E-state index in [1.807, 2.05) is 0 Å². The van der Waals surface area contributed by atoms with Gasteiger partial charge in [0.2, 0.25) is 0 Å². The summed E-state index contributed by atoms with van der Waals surface area (Å²) in [6.45, 7) is 0. The number of carbonyl (C=O) groups is 1. The van der Waals surface area contributed by atoms with Gasteiger partial charge in [0.05, 0.1) is 29.7 Å². The molecule has 0 unspecified atom stereocenters. The quantitative estimate of drug-likeness (QED) is 0.518. The molecule has 4 atom stereocenters. The number of amides is 1. The Morgan fingerprint density at radius 1 is 1.14 bits per heavy atom. The Labute approximate surface area is 199 Å². The molecule has 4 N–H and O–H groups in total. The van der Waals surface area contributed by atoms with E-state index in [0.717, 1.165) is 36.8 Å². The summed E-state index contributed by atoms with van der Waals surface area (Å²) in [5.74, 6) is -3.70. The number of pyridine rings is 2. The van der Waals surface area contributed by atoms with Crippen LogP contribution >= 0.6 is 0 Å². The van der Waals surface area contributed by atoms with Crippen molar-refractivity contribution in [3.63, 3.8) is 0 Å². The highest BCUT2D eigenvalue weighted by atomic mass is 19.1. The van der Waals surface area contributed by atoms with Gasteiger partial charge in [-0.2, -0.15) is 0 Å². The number of carbonyl (C=O) groups excluding carboxylic acids is 1. The summed E-state index contributed by atoms with van der Waals surface area (Å²) < 4.78 is 49.0. The first-order valence-corrected chi connectivity index (χ1v) is 11.3. The number of anilines is 1. The zero-order valence-corrected chi connectivity index (χ0v) is 18.5. The maximum Gasteiger partial charge on any atom is 0.274 e. The molecule has 2 aromatic heterocycles. The van der Waals surface area contributed by atoms with Gasteiger partial charge in [-0.15, -0.1) is 0 Å². The zero-order chi connectivity index (χ0) is 24.7. The molecule has 10 heteroatoms. The number of ether oxygens (including phenoxy) is 1. The largest absolute Gasteiger partial charge is 0.386 e. The number of rotatable bonds is 4. The van der Waals surface area contributed by atoms with Crippen molar-refractivity contribution in [2.45, 2.75) is 49.5 Å². The lowest BCUT2D eigenvalue weighted by atomic mass is 9.83. The van der Waals surface area contributed by atoms with Crippen molar-refractivity contribution in [3.8, 4) is 11.3 Å². The highest BCUT2D eigenvalue weighted by Gasteiger charge is 2.51. The van der Waals surface area contributed by atoms with Gasteiger partial charge in [0.15, 0.2) is 0 Å². The molecule has 35 heavy (non-hydrogen) atoms. The third-order valence-electron chi connectivity index (χ3n) is 6.77. The Balaban J connectivity index is 1.42. The summed E-state index contributed by atoms with van der Waals surface area (Å²) in [6, 6.07) is 6.35. The van der Waals surface area contributed by atoms with Crippen LogP contribution in [0.4, 0.5) is 18.9 Å². The third-order valence-corrected chi connectivity index (χ3v) is 6.77. The second-order valence-corrected chi connectivity index (χ2v) is 8.88. The minimum Gasteiger partial charge on any atom is -0.386 e. The van der Waals surface area contributed by atoms with Crippen molar-refractivity contribution >= 4 is 11.6 Å². The molecule has 1 saturated carbocycles. The number of aliphatic hydroxyl groups is 1. The fraction of sp³-hybridized carbons (Fsp3) is 0.320. The highest BCUT2D eigenvalue weighted by Crippen LogP contribution is 2.45. The Kier molecular flexibility index (Phi) is 6.04. The van der Waals surface area contributed by atoms with Crippen molar-refractivity contribution in [1.82, 2.24) is 9.97 Å². The molecule has 2 fully saturated rings. The van der Waals surface area contributed by atoms with Crippen LogP contribution in [0.15, 0.2) is 48.8 Å². The van der Waals surface area contributed by atoms with Crippen molar-refractivity contribution in [3.05, 3.63) is 77.5 Å². The Morgan fingerprint density at radius 3 is 2.69 bits per heavy atom. The molecule has 7 nitrogen and oxygen atoms in total. The molecule has 0 spiro atoms. The van der Waals surface area contributed by atoms with Gasteiger partial charge in [0.1, 0.15) is 34.4 Å². The number of nitrogens with one attached hydrogen (secondary N) is 1. The second kappa shape index (κ2) is 9.03. The Morgan fingerprint density at radius 2 is 1.91 bits per heavy atom. The lowest BCUT2D eigenvalue weighted by molar-refractivity contribution is -0.171. The van der Waals surface area contributed by atoms with Gasteiger partial charge in [-0.25, -0.2) is 18.2 Å². The van der Waals surface area contributed by atoms with Crippen LogP contribution in [0.2, 0.25) is 0 Å². The van der Waals surface area contributed by atoms with Gasteiger partial charge in [-0.1, -0.05) is 6.07 Å². The van der Waals surface area contributed by atoms with Crippen molar-refractivity contribution < 1.29 is 27.8 Å². The lowest BCUT2D eigenvalue weighted by Crippen LogP contribution is -2.58. The van der Waals surface area contributed by atoms with E-state index >= 15 is 0 Å². The standard InChI is InChI=1S/C25H23F3N4O3/c26-14-3-1-4-15(27)22(14)23-16(28)6-7-17(31-23)24(33)32-18-12-30-10-8-13(18)19-11-20(29)25(34)9-2-5-21(25)35-19/h1,3-4,6-8,10,12,19-21,34H,2,5,9,11,29H2,(H,32,33)/t19-,20-,21-,25+/m1/s1. The normalized spacial score (nSPS) is 25.8. The third kappa shape index (κ3) is 4.18. The number of aromatic nitrogens is 2. The van der Waals surface area contributed by atoms with E-state index in [1.54, 1.807) is 12.3 Å². The van der Waals surface area contributed by atoms with Crippen LogP contribution in [0.25, 0.3) is 11.3 Å². The first-order chi connectivity index (χ1) is 16.8. The molecular formula is C25H23F3N4O3. The number of hydrogen-bond donors (Lipinski definition) is 3. The van der Waals surface area contributed by atoms with E-state index in [2.05, 4.69) is 15.3 Å². The van der Waals surface area contributed by atoms with Gasteiger partial charge >= 0.3 is 0 Å². The lowest BCUT2D eigenvalue weighted by Gasteiger charge is -2.43. The van der Waals surface area contributed by atoms with Crippen LogP contribution in [0.1, 0.15) is 47.8 Å². The van der Waals surface area contributed by atoms with E-state index in [0.29, 0.717) is 30.5 Å². The number of fused-ring (bicyclic) bond motifs is 1. The molecule has 1 amide bonds. The molecule has 1 aliphatic heterocycles. The topological polar surface area (TPSA) is 110 Å². The van der Waals surface area contributed by atoms with Crippen molar-refractivity contribution in [2.75, 3.05) is 5.32 Å². The molecule has 0 radical (unpaired) electrons. The average Bonchev–Trinajstić information content (AvgIpc) is 3.22. The summed E-state index contributed by atoms with van der Waals surface area (Å²) in [6.07, 6.45) is 4.48. The van der Waals surface area contributed by atoms with Crippen LogP contribution in [0.3, 0.4) is 0 Å². The number of nitrogens with two attached hydrogens (primary N) is 1. The maximum absolute atomic E-state index is 14.4. The summed E-state index contributed by atoms with van der Waals surface area (Å²) >= 11 is 0. The molecule has 2 aliphatic rings. The summed E-state index contributed by atoms with van der Waals surface area (Å²) in [4.78, 5) is 20.9. The van der Waals surface area contributed by atoms with Crippen molar-refractivity contribution in [2.24, 2.45) is 5.73 Å². The van der Waals surface area contributed by atoms with E-state index in [4.69, 9.17) is 10.5 Å². The van der Waals surface area contributed by atoms with Crippen molar-refractivity contribution in [1.29, 1.82) is 0 Å². The number of nitrogens with zero attached hydrogens (tertiary/aromatic N) is 2.